The molecule has 0 unspecified atom stereocenters. The van der Waals surface area contributed by atoms with Crippen LogP contribution < -0.4 is 0 Å². The van der Waals surface area contributed by atoms with Gasteiger partial charge in [0, 0.05) is 57.6 Å². The summed E-state index contributed by atoms with van der Waals surface area (Å²) in [5, 5.41) is 10.4. The van der Waals surface area contributed by atoms with Crippen LogP contribution in [-0.2, 0) is 14.1 Å². The monoisotopic (exact) mass is 460 g/mol. The lowest BCUT2D eigenvalue weighted by atomic mass is 10.0. The van der Waals surface area contributed by atoms with E-state index < -0.39 is 0 Å². The first kappa shape index (κ1) is 19.7. The van der Waals surface area contributed by atoms with Crippen LogP contribution in [0, 0.1) is 0 Å². The number of fused-ring (bicyclic) bond motifs is 9. The highest BCUT2D eigenvalue weighted by molar-refractivity contribution is 6.18. The Labute approximate surface area is 208 Å². The second kappa shape index (κ2) is 6.99. The minimum atomic E-state index is 1.25. The first-order valence-electron chi connectivity index (χ1n) is 12.5. The normalized spacial score (nSPS) is 12.2. The molecule has 2 heterocycles. The van der Waals surface area contributed by atoms with E-state index in [-0.39, 0.29) is 0 Å². The summed E-state index contributed by atoms with van der Waals surface area (Å²) in [6.45, 7) is 0. The summed E-state index contributed by atoms with van der Waals surface area (Å²) in [5.41, 5.74) is 7.60. The molecule has 2 aromatic heterocycles. The van der Waals surface area contributed by atoms with E-state index in [9.17, 15) is 0 Å². The highest BCUT2D eigenvalue weighted by Gasteiger charge is 2.14. The van der Waals surface area contributed by atoms with Crippen molar-refractivity contribution < 1.29 is 0 Å². The van der Waals surface area contributed by atoms with Crippen LogP contribution in [0.3, 0.4) is 0 Å². The Hall–Kier alpha value is -4.56. The van der Waals surface area contributed by atoms with Gasteiger partial charge in [0.15, 0.2) is 0 Å². The predicted molar refractivity (Wildman–Crippen MR) is 155 cm³/mol. The smallest absolute Gasteiger partial charge is 0.0568 e. The van der Waals surface area contributed by atoms with Gasteiger partial charge in [0.05, 0.1) is 5.52 Å². The topological polar surface area (TPSA) is 9.86 Å². The Morgan fingerprint density at radius 1 is 0.389 bits per heavy atom. The molecule has 36 heavy (non-hydrogen) atoms. The summed E-state index contributed by atoms with van der Waals surface area (Å²) in [7, 11) is 4.38. The molecule has 0 saturated carbocycles. The van der Waals surface area contributed by atoms with Crippen LogP contribution in [-0.4, -0.2) is 9.13 Å². The van der Waals surface area contributed by atoms with E-state index in [0.717, 1.165) is 0 Å². The van der Waals surface area contributed by atoms with Crippen LogP contribution in [0.5, 0.6) is 0 Å². The third kappa shape index (κ3) is 2.56. The average Bonchev–Trinajstić information content (AvgIpc) is 3.37. The van der Waals surface area contributed by atoms with Crippen molar-refractivity contribution >= 4 is 65.2 Å². The number of aryl methyl sites for hydroxylation is 2. The minimum Gasteiger partial charge on any atom is -0.344 e. The minimum absolute atomic E-state index is 1.25. The molecular formula is C34H24N2. The van der Waals surface area contributed by atoms with Gasteiger partial charge in [-0.25, -0.2) is 0 Å². The number of benzene rings is 6. The van der Waals surface area contributed by atoms with Crippen LogP contribution in [0.2, 0.25) is 0 Å². The fraction of sp³-hybridized carbons (Fsp3) is 0.0588. The van der Waals surface area contributed by atoms with Crippen LogP contribution in [0.25, 0.3) is 76.3 Å². The van der Waals surface area contributed by atoms with E-state index in [4.69, 9.17) is 0 Å². The molecule has 0 aliphatic carbocycles. The quantitative estimate of drug-likeness (QED) is 0.231. The Morgan fingerprint density at radius 3 is 1.69 bits per heavy atom. The Bertz CT molecular complexity index is 2170. The summed E-state index contributed by atoms with van der Waals surface area (Å²) < 4.78 is 4.69. The van der Waals surface area contributed by atoms with Crippen LogP contribution in [0.4, 0.5) is 0 Å². The van der Waals surface area contributed by atoms with Crippen molar-refractivity contribution in [2.45, 2.75) is 0 Å². The number of hydrogen-bond donors (Lipinski definition) is 0. The molecule has 0 fully saturated rings. The van der Waals surface area contributed by atoms with Crippen LogP contribution >= 0.6 is 0 Å². The fourth-order valence-electron chi connectivity index (χ4n) is 6.24. The second-order valence-electron chi connectivity index (χ2n) is 9.98. The molecular weight excluding hydrogens is 436 g/mol. The Kier molecular flexibility index (Phi) is 3.83. The molecule has 6 aromatic carbocycles. The van der Waals surface area contributed by atoms with Gasteiger partial charge in [-0.2, -0.15) is 0 Å². The zero-order valence-electron chi connectivity index (χ0n) is 20.3. The SMILES string of the molecule is Cn1c2cc(-c3ccc4c5ccc6ccccc6c5n(C)c4c3)ccc2c2cc3ccccc3cc21. The Balaban J connectivity index is 1.36. The summed E-state index contributed by atoms with van der Waals surface area (Å²) in [6, 6.07) is 40.3. The summed E-state index contributed by atoms with van der Waals surface area (Å²) in [5.74, 6) is 0. The summed E-state index contributed by atoms with van der Waals surface area (Å²) >= 11 is 0. The van der Waals surface area contributed by atoms with Crippen molar-refractivity contribution in [3.8, 4) is 11.1 Å². The largest absolute Gasteiger partial charge is 0.344 e. The number of rotatable bonds is 1. The third-order valence-corrected chi connectivity index (χ3v) is 8.09. The van der Waals surface area contributed by atoms with E-state index in [2.05, 4.69) is 132 Å². The molecule has 0 aliphatic heterocycles. The molecule has 8 rings (SSSR count). The molecule has 8 aromatic rings. The van der Waals surface area contributed by atoms with Gasteiger partial charge in [-0.1, -0.05) is 84.9 Å². The molecule has 0 N–H and O–H groups in total. The fourth-order valence-corrected chi connectivity index (χ4v) is 6.24. The van der Waals surface area contributed by atoms with Crippen molar-refractivity contribution in [3.63, 3.8) is 0 Å². The molecule has 170 valence electrons. The third-order valence-electron chi connectivity index (χ3n) is 8.09. The van der Waals surface area contributed by atoms with Gasteiger partial charge < -0.3 is 9.13 Å². The van der Waals surface area contributed by atoms with Crippen molar-refractivity contribution in [1.29, 1.82) is 0 Å². The molecule has 0 aliphatic rings. The van der Waals surface area contributed by atoms with E-state index in [1.165, 1.54) is 76.3 Å². The summed E-state index contributed by atoms with van der Waals surface area (Å²) in [6.07, 6.45) is 0. The zero-order valence-corrected chi connectivity index (χ0v) is 20.3. The lowest BCUT2D eigenvalue weighted by Crippen LogP contribution is -1.89. The average molecular weight is 461 g/mol. The van der Waals surface area contributed by atoms with Gasteiger partial charge in [-0.15, -0.1) is 0 Å². The van der Waals surface area contributed by atoms with Gasteiger partial charge >= 0.3 is 0 Å². The zero-order chi connectivity index (χ0) is 24.0. The van der Waals surface area contributed by atoms with Crippen molar-refractivity contribution in [3.05, 3.63) is 109 Å². The Morgan fingerprint density at radius 2 is 0.944 bits per heavy atom. The number of aromatic nitrogens is 2. The maximum Gasteiger partial charge on any atom is 0.0568 e. The highest BCUT2D eigenvalue weighted by atomic mass is 14.9. The number of nitrogens with zero attached hydrogens (tertiary/aromatic N) is 2. The first-order chi connectivity index (χ1) is 17.7. The van der Waals surface area contributed by atoms with E-state index in [1.807, 2.05) is 0 Å². The van der Waals surface area contributed by atoms with Crippen molar-refractivity contribution in [2.24, 2.45) is 14.1 Å². The molecule has 2 nitrogen and oxygen atoms in total. The molecule has 0 radical (unpaired) electrons. The van der Waals surface area contributed by atoms with E-state index in [0.29, 0.717) is 0 Å². The molecule has 0 saturated heterocycles. The van der Waals surface area contributed by atoms with Gasteiger partial charge in [0.25, 0.3) is 0 Å². The predicted octanol–water partition coefficient (Wildman–Crippen LogP) is 8.95. The lowest BCUT2D eigenvalue weighted by molar-refractivity contribution is 1.01. The maximum atomic E-state index is 2.36. The van der Waals surface area contributed by atoms with Crippen LogP contribution in [0.1, 0.15) is 0 Å². The van der Waals surface area contributed by atoms with Gasteiger partial charge in [0.1, 0.15) is 0 Å². The van der Waals surface area contributed by atoms with Gasteiger partial charge in [-0.05, 0) is 51.6 Å². The van der Waals surface area contributed by atoms with Crippen LogP contribution in [0.15, 0.2) is 109 Å². The molecule has 0 bridgehead atoms. The summed E-state index contributed by atoms with van der Waals surface area (Å²) in [4.78, 5) is 0. The van der Waals surface area contributed by atoms with E-state index >= 15 is 0 Å². The molecule has 2 heteroatoms. The first-order valence-corrected chi connectivity index (χ1v) is 12.5. The van der Waals surface area contributed by atoms with Crippen molar-refractivity contribution in [2.75, 3.05) is 0 Å². The lowest BCUT2D eigenvalue weighted by Gasteiger charge is -2.06. The second-order valence-corrected chi connectivity index (χ2v) is 9.98. The standard InChI is InChI=1S/C34H24N2/c1-35-31-19-24(13-15-28(31)30-17-22-8-3-4-9-23(22)18-33(30)35)25-12-14-27-29-16-11-21-7-5-6-10-26(21)34(29)36(2)32(27)20-25/h3-20H,1-2H3. The van der Waals surface area contributed by atoms with E-state index in [1.54, 1.807) is 0 Å². The van der Waals surface area contributed by atoms with Gasteiger partial charge in [0.2, 0.25) is 0 Å². The maximum absolute atomic E-state index is 2.36. The van der Waals surface area contributed by atoms with Crippen molar-refractivity contribution in [1.82, 2.24) is 9.13 Å². The number of hydrogen-bond acceptors (Lipinski definition) is 0. The molecule has 0 spiro atoms. The van der Waals surface area contributed by atoms with Gasteiger partial charge in [-0.3, -0.25) is 0 Å². The highest BCUT2D eigenvalue weighted by Crippen LogP contribution is 2.37. The molecule has 0 atom stereocenters. The molecule has 0 amide bonds.